The monoisotopic (exact) mass is 285 g/mol. The first-order valence-electron chi connectivity index (χ1n) is 7.24. The molecule has 3 N–H and O–H groups in total. The molecule has 0 aliphatic heterocycles. The minimum Gasteiger partial charge on any atom is -0.504 e. The number of phenolic OH excluding ortho intramolecular Hbond substituents is 2. The Morgan fingerprint density at radius 2 is 2.05 bits per heavy atom. The van der Waals surface area contributed by atoms with Crippen LogP contribution in [-0.4, -0.2) is 27.2 Å². The number of hydrogen-bond acceptors (Lipinski definition) is 5. The fourth-order valence-corrected chi connectivity index (χ4v) is 2.82. The van der Waals surface area contributed by atoms with Gasteiger partial charge in [0, 0.05) is 29.1 Å². The molecule has 5 heteroatoms. The quantitative estimate of drug-likeness (QED) is 0.584. The van der Waals surface area contributed by atoms with E-state index in [2.05, 4.69) is 15.3 Å². The third-order valence-electron chi connectivity index (χ3n) is 4.01. The van der Waals surface area contributed by atoms with Crippen molar-refractivity contribution in [1.29, 1.82) is 0 Å². The highest BCUT2D eigenvalue weighted by Gasteiger charge is 2.19. The molecule has 0 spiro atoms. The molecule has 0 amide bonds. The fraction of sp³-hybridized carbons (Fsp3) is 0.375. The zero-order chi connectivity index (χ0) is 14.8. The van der Waals surface area contributed by atoms with Crippen molar-refractivity contribution in [3.63, 3.8) is 0 Å². The molecule has 5 nitrogen and oxygen atoms in total. The van der Waals surface area contributed by atoms with Crippen molar-refractivity contribution >= 4 is 0 Å². The van der Waals surface area contributed by atoms with Crippen LogP contribution in [0.25, 0.3) is 11.4 Å². The second kappa shape index (κ2) is 5.69. The number of nitrogens with one attached hydrogen (secondary N) is 1. The van der Waals surface area contributed by atoms with Gasteiger partial charge in [-0.05, 0) is 44.5 Å². The van der Waals surface area contributed by atoms with Gasteiger partial charge in [0.05, 0.1) is 0 Å². The minimum atomic E-state index is -0.154. The zero-order valence-electron chi connectivity index (χ0n) is 12.0. The maximum atomic E-state index is 9.61. The topological polar surface area (TPSA) is 78.3 Å². The zero-order valence-corrected chi connectivity index (χ0v) is 12.0. The van der Waals surface area contributed by atoms with Crippen LogP contribution in [0.4, 0.5) is 0 Å². The van der Waals surface area contributed by atoms with Crippen molar-refractivity contribution in [1.82, 2.24) is 15.3 Å². The molecule has 0 fully saturated rings. The lowest BCUT2D eigenvalue weighted by Gasteiger charge is -2.16. The Labute approximate surface area is 123 Å². The first kappa shape index (κ1) is 13.8. The molecule has 2 aromatic rings. The van der Waals surface area contributed by atoms with E-state index in [-0.39, 0.29) is 11.5 Å². The van der Waals surface area contributed by atoms with Crippen LogP contribution in [-0.2, 0) is 6.42 Å². The fourth-order valence-electron chi connectivity index (χ4n) is 2.82. The number of rotatable bonds is 2. The van der Waals surface area contributed by atoms with Crippen molar-refractivity contribution < 1.29 is 10.2 Å². The standard InChI is InChI=1S/C16H19N3O2/c1-17-12-4-2-3-5-13-11(12)9-18-16(19-13)10-6-7-14(20)15(21)8-10/h6-9,12,17,20-21H,2-5H2,1H3. The van der Waals surface area contributed by atoms with E-state index in [0.717, 1.165) is 25.0 Å². The maximum Gasteiger partial charge on any atom is 0.159 e. The third-order valence-corrected chi connectivity index (χ3v) is 4.01. The molecule has 0 radical (unpaired) electrons. The van der Waals surface area contributed by atoms with Crippen LogP contribution in [0.15, 0.2) is 24.4 Å². The Morgan fingerprint density at radius 3 is 2.81 bits per heavy atom. The number of aromatic nitrogens is 2. The largest absolute Gasteiger partial charge is 0.504 e. The molecular formula is C16H19N3O2. The number of benzene rings is 1. The average molecular weight is 285 g/mol. The van der Waals surface area contributed by atoms with Crippen LogP contribution in [0, 0.1) is 0 Å². The van der Waals surface area contributed by atoms with E-state index >= 15 is 0 Å². The van der Waals surface area contributed by atoms with E-state index in [0.29, 0.717) is 17.4 Å². The summed E-state index contributed by atoms with van der Waals surface area (Å²) in [5, 5.41) is 22.3. The summed E-state index contributed by atoms with van der Waals surface area (Å²) < 4.78 is 0. The minimum absolute atomic E-state index is 0.135. The molecular weight excluding hydrogens is 266 g/mol. The van der Waals surface area contributed by atoms with Crippen LogP contribution in [0.3, 0.4) is 0 Å². The number of phenols is 2. The summed E-state index contributed by atoms with van der Waals surface area (Å²) in [7, 11) is 1.96. The number of fused-ring (bicyclic) bond motifs is 1. The summed E-state index contributed by atoms with van der Waals surface area (Å²) in [5.41, 5.74) is 2.95. The molecule has 0 saturated heterocycles. The van der Waals surface area contributed by atoms with Crippen molar-refractivity contribution in [3.05, 3.63) is 35.7 Å². The first-order valence-corrected chi connectivity index (χ1v) is 7.24. The molecule has 3 rings (SSSR count). The Balaban J connectivity index is 2.02. The summed E-state index contributed by atoms with van der Waals surface area (Å²) >= 11 is 0. The molecule has 1 aliphatic rings. The highest BCUT2D eigenvalue weighted by atomic mass is 16.3. The first-order chi connectivity index (χ1) is 10.2. The smallest absolute Gasteiger partial charge is 0.159 e. The maximum absolute atomic E-state index is 9.61. The van der Waals surface area contributed by atoms with E-state index in [1.54, 1.807) is 6.07 Å². The van der Waals surface area contributed by atoms with Gasteiger partial charge in [0.25, 0.3) is 0 Å². The Kier molecular flexibility index (Phi) is 3.75. The number of hydrogen-bond donors (Lipinski definition) is 3. The molecule has 1 aromatic carbocycles. The van der Waals surface area contributed by atoms with Crippen LogP contribution in [0.1, 0.15) is 36.6 Å². The Morgan fingerprint density at radius 1 is 1.19 bits per heavy atom. The molecule has 1 unspecified atom stereocenters. The molecule has 21 heavy (non-hydrogen) atoms. The highest BCUT2D eigenvalue weighted by Crippen LogP contribution is 2.31. The molecule has 1 aliphatic carbocycles. The molecule has 110 valence electrons. The van der Waals surface area contributed by atoms with Crippen LogP contribution >= 0.6 is 0 Å². The van der Waals surface area contributed by atoms with Gasteiger partial charge in [-0.3, -0.25) is 0 Å². The Bertz CT molecular complexity index is 658. The molecule has 1 aromatic heterocycles. The van der Waals surface area contributed by atoms with E-state index in [9.17, 15) is 10.2 Å². The van der Waals surface area contributed by atoms with Crippen LogP contribution in [0.5, 0.6) is 11.5 Å². The van der Waals surface area contributed by atoms with Crippen LogP contribution < -0.4 is 5.32 Å². The van der Waals surface area contributed by atoms with Crippen LogP contribution in [0.2, 0.25) is 0 Å². The van der Waals surface area contributed by atoms with Crippen molar-refractivity contribution in [3.8, 4) is 22.9 Å². The van der Waals surface area contributed by atoms with Gasteiger partial charge in [0.15, 0.2) is 17.3 Å². The van der Waals surface area contributed by atoms with E-state index in [1.807, 2.05) is 13.2 Å². The van der Waals surface area contributed by atoms with Gasteiger partial charge in [-0.2, -0.15) is 0 Å². The second-order valence-electron chi connectivity index (χ2n) is 5.39. The van der Waals surface area contributed by atoms with Gasteiger partial charge in [0.2, 0.25) is 0 Å². The summed E-state index contributed by atoms with van der Waals surface area (Å²) in [5.74, 6) is 0.295. The van der Waals surface area contributed by atoms with Gasteiger partial charge >= 0.3 is 0 Å². The lowest BCUT2D eigenvalue weighted by atomic mass is 10.0. The SMILES string of the molecule is CNC1CCCCc2nc(-c3ccc(O)c(O)c3)ncc21. The Hall–Kier alpha value is -2.14. The molecule has 0 bridgehead atoms. The van der Waals surface area contributed by atoms with Crippen molar-refractivity contribution in [2.45, 2.75) is 31.7 Å². The van der Waals surface area contributed by atoms with Gasteiger partial charge in [-0.15, -0.1) is 0 Å². The summed E-state index contributed by atoms with van der Waals surface area (Å²) in [6.45, 7) is 0. The average Bonchev–Trinajstić information content (AvgIpc) is 2.71. The van der Waals surface area contributed by atoms with Gasteiger partial charge in [-0.1, -0.05) is 6.42 Å². The summed E-state index contributed by atoms with van der Waals surface area (Å²) in [6, 6.07) is 4.97. The number of aryl methyl sites for hydroxylation is 1. The third kappa shape index (κ3) is 2.69. The van der Waals surface area contributed by atoms with Gasteiger partial charge in [-0.25, -0.2) is 9.97 Å². The van der Waals surface area contributed by atoms with Crippen molar-refractivity contribution in [2.75, 3.05) is 7.05 Å². The molecule has 1 atom stereocenters. The summed E-state index contributed by atoms with van der Waals surface area (Å²) in [6.07, 6.45) is 6.24. The lowest BCUT2D eigenvalue weighted by Crippen LogP contribution is -2.17. The second-order valence-corrected chi connectivity index (χ2v) is 5.39. The number of nitrogens with zero attached hydrogens (tertiary/aromatic N) is 2. The van der Waals surface area contributed by atoms with E-state index in [1.165, 1.54) is 24.1 Å². The van der Waals surface area contributed by atoms with Gasteiger partial charge in [0.1, 0.15) is 0 Å². The summed E-state index contributed by atoms with van der Waals surface area (Å²) in [4.78, 5) is 9.10. The van der Waals surface area contributed by atoms with Crippen molar-refractivity contribution in [2.24, 2.45) is 0 Å². The molecule has 1 heterocycles. The van der Waals surface area contributed by atoms with E-state index < -0.39 is 0 Å². The molecule has 0 saturated carbocycles. The number of aromatic hydroxyl groups is 2. The lowest BCUT2D eigenvalue weighted by molar-refractivity contribution is 0.404. The van der Waals surface area contributed by atoms with Gasteiger partial charge < -0.3 is 15.5 Å². The predicted molar refractivity (Wildman–Crippen MR) is 80.2 cm³/mol. The van der Waals surface area contributed by atoms with E-state index in [4.69, 9.17) is 0 Å². The normalized spacial score (nSPS) is 18.0. The predicted octanol–water partition coefficient (Wildman–Crippen LogP) is 2.54. The highest BCUT2D eigenvalue weighted by molar-refractivity contribution is 5.60.